The second-order valence-electron chi connectivity index (χ2n) is 5.38. The lowest BCUT2D eigenvalue weighted by molar-refractivity contribution is 0.0930. The molecule has 3 rings (SSSR count). The Morgan fingerprint density at radius 1 is 1.30 bits per heavy atom. The van der Waals surface area contributed by atoms with Gasteiger partial charge in [0.1, 0.15) is 5.82 Å². The van der Waals surface area contributed by atoms with Crippen molar-refractivity contribution >= 4 is 23.5 Å². The van der Waals surface area contributed by atoms with Crippen LogP contribution in [0.3, 0.4) is 0 Å². The van der Waals surface area contributed by atoms with E-state index in [9.17, 15) is 4.79 Å². The van der Waals surface area contributed by atoms with Crippen LogP contribution >= 0.6 is 11.8 Å². The van der Waals surface area contributed by atoms with E-state index in [1.165, 1.54) is 0 Å². The predicted molar refractivity (Wildman–Crippen MR) is 90.8 cm³/mol. The molecule has 0 saturated carbocycles. The first kappa shape index (κ1) is 15.7. The van der Waals surface area contributed by atoms with Gasteiger partial charge in [0.05, 0.1) is 5.56 Å². The monoisotopic (exact) mass is 329 g/mol. The number of thioether (sulfide) groups is 1. The maximum atomic E-state index is 12.2. The molecule has 2 aromatic rings. The van der Waals surface area contributed by atoms with Crippen LogP contribution in [-0.2, 0) is 0 Å². The standard InChI is InChI=1S/C16H19N5OS/c1-23-16-18-8-4-14(20-16)21-9-5-13(6-10-21)19-15(22)12-3-2-7-17-11-12/h2-4,7-8,11,13H,5-6,9-10H2,1H3,(H,19,22). The molecule has 120 valence electrons. The Balaban J connectivity index is 1.55. The molecule has 1 N–H and O–H groups in total. The quantitative estimate of drug-likeness (QED) is 0.683. The van der Waals surface area contributed by atoms with Gasteiger partial charge in [-0.15, -0.1) is 0 Å². The van der Waals surface area contributed by atoms with Gasteiger partial charge in [-0.2, -0.15) is 0 Å². The van der Waals surface area contributed by atoms with Crippen molar-refractivity contribution in [2.45, 2.75) is 24.0 Å². The first-order chi connectivity index (χ1) is 11.3. The van der Waals surface area contributed by atoms with Gasteiger partial charge in [0.25, 0.3) is 5.91 Å². The molecule has 1 aliphatic rings. The number of amides is 1. The summed E-state index contributed by atoms with van der Waals surface area (Å²) in [5.41, 5.74) is 0.607. The number of rotatable bonds is 4. The molecule has 0 bridgehead atoms. The summed E-state index contributed by atoms with van der Waals surface area (Å²) < 4.78 is 0. The number of carbonyl (C=O) groups excluding carboxylic acids is 1. The minimum Gasteiger partial charge on any atom is -0.356 e. The number of anilines is 1. The van der Waals surface area contributed by atoms with Gasteiger partial charge in [-0.05, 0) is 37.3 Å². The minimum absolute atomic E-state index is 0.0525. The summed E-state index contributed by atoms with van der Waals surface area (Å²) >= 11 is 1.54. The van der Waals surface area contributed by atoms with E-state index in [0.717, 1.165) is 36.9 Å². The first-order valence-corrected chi connectivity index (χ1v) is 8.81. The number of hydrogen-bond donors (Lipinski definition) is 1. The Bertz CT molecular complexity index is 659. The van der Waals surface area contributed by atoms with Crippen molar-refractivity contribution in [2.24, 2.45) is 0 Å². The number of carbonyl (C=O) groups is 1. The number of piperidine rings is 1. The van der Waals surface area contributed by atoms with Gasteiger partial charge >= 0.3 is 0 Å². The molecule has 23 heavy (non-hydrogen) atoms. The summed E-state index contributed by atoms with van der Waals surface area (Å²) in [5, 5.41) is 3.87. The van der Waals surface area contributed by atoms with Crippen LogP contribution in [0.15, 0.2) is 41.9 Å². The molecule has 3 heterocycles. The molecule has 0 unspecified atom stereocenters. The molecule has 1 fully saturated rings. The van der Waals surface area contributed by atoms with Crippen molar-refractivity contribution in [3.63, 3.8) is 0 Å². The Hall–Kier alpha value is -2.15. The van der Waals surface area contributed by atoms with E-state index >= 15 is 0 Å². The van der Waals surface area contributed by atoms with E-state index < -0.39 is 0 Å². The topological polar surface area (TPSA) is 71.0 Å². The lowest BCUT2D eigenvalue weighted by Gasteiger charge is -2.33. The van der Waals surface area contributed by atoms with Crippen molar-refractivity contribution in [2.75, 3.05) is 24.2 Å². The SMILES string of the molecule is CSc1nccc(N2CCC(NC(=O)c3cccnc3)CC2)n1. The summed E-state index contributed by atoms with van der Waals surface area (Å²) in [7, 11) is 0. The molecule has 0 radical (unpaired) electrons. The Morgan fingerprint density at radius 2 is 2.13 bits per heavy atom. The summed E-state index contributed by atoms with van der Waals surface area (Å²) in [6.07, 6.45) is 8.84. The highest BCUT2D eigenvalue weighted by Crippen LogP contribution is 2.20. The predicted octanol–water partition coefficient (Wildman–Crippen LogP) is 1.99. The van der Waals surface area contributed by atoms with E-state index in [2.05, 4.69) is 25.2 Å². The summed E-state index contributed by atoms with van der Waals surface area (Å²) in [4.78, 5) is 27.1. The lowest BCUT2D eigenvalue weighted by atomic mass is 10.0. The van der Waals surface area contributed by atoms with Gasteiger partial charge in [0.15, 0.2) is 5.16 Å². The molecular formula is C16H19N5OS. The van der Waals surface area contributed by atoms with Gasteiger partial charge in [-0.25, -0.2) is 9.97 Å². The normalized spacial score (nSPS) is 15.4. The summed E-state index contributed by atoms with van der Waals surface area (Å²) in [5.74, 6) is 0.907. The summed E-state index contributed by atoms with van der Waals surface area (Å²) in [6, 6.07) is 5.69. The molecule has 2 aromatic heterocycles. The highest BCUT2D eigenvalue weighted by Gasteiger charge is 2.22. The molecule has 0 aromatic carbocycles. The smallest absolute Gasteiger partial charge is 0.253 e. The average molecular weight is 329 g/mol. The second kappa shape index (κ2) is 7.41. The van der Waals surface area contributed by atoms with Crippen LogP contribution in [0.1, 0.15) is 23.2 Å². The highest BCUT2D eigenvalue weighted by molar-refractivity contribution is 7.98. The Labute approximate surface area is 139 Å². The van der Waals surface area contributed by atoms with Crippen LogP contribution in [0, 0.1) is 0 Å². The van der Waals surface area contributed by atoms with Crippen molar-refractivity contribution < 1.29 is 4.79 Å². The van der Waals surface area contributed by atoms with E-state index in [4.69, 9.17) is 0 Å². The molecular weight excluding hydrogens is 310 g/mol. The van der Waals surface area contributed by atoms with Gasteiger partial charge in [-0.1, -0.05) is 11.8 Å². The number of nitrogens with one attached hydrogen (secondary N) is 1. The second-order valence-corrected chi connectivity index (χ2v) is 6.15. The van der Waals surface area contributed by atoms with Gasteiger partial charge in [0, 0.05) is 37.7 Å². The van der Waals surface area contributed by atoms with Crippen molar-refractivity contribution in [1.29, 1.82) is 0 Å². The molecule has 1 aliphatic heterocycles. The largest absolute Gasteiger partial charge is 0.356 e. The van der Waals surface area contributed by atoms with Crippen molar-refractivity contribution in [3.8, 4) is 0 Å². The highest BCUT2D eigenvalue weighted by atomic mass is 32.2. The van der Waals surface area contributed by atoms with Gasteiger partial charge < -0.3 is 10.2 Å². The Kier molecular flexibility index (Phi) is 5.07. The fraction of sp³-hybridized carbons (Fsp3) is 0.375. The number of nitrogens with zero attached hydrogens (tertiary/aromatic N) is 4. The van der Waals surface area contributed by atoms with Crippen LogP contribution in [0.4, 0.5) is 5.82 Å². The maximum absolute atomic E-state index is 12.2. The van der Waals surface area contributed by atoms with E-state index in [1.54, 1.807) is 42.5 Å². The van der Waals surface area contributed by atoms with Gasteiger partial charge in [0.2, 0.25) is 0 Å². The molecule has 1 amide bonds. The molecule has 0 atom stereocenters. The fourth-order valence-corrected chi connectivity index (χ4v) is 2.98. The third-order valence-electron chi connectivity index (χ3n) is 3.88. The van der Waals surface area contributed by atoms with E-state index in [1.807, 2.05) is 12.3 Å². The Morgan fingerprint density at radius 3 is 2.83 bits per heavy atom. The average Bonchev–Trinajstić information content (AvgIpc) is 2.63. The number of hydrogen-bond acceptors (Lipinski definition) is 6. The van der Waals surface area contributed by atoms with Crippen LogP contribution in [0.2, 0.25) is 0 Å². The van der Waals surface area contributed by atoms with Crippen LogP contribution in [-0.4, -0.2) is 46.2 Å². The number of pyridine rings is 1. The van der Waals surface area contributed by atoms with Crippen molar-refractivity contribution in [1.82, 2.24) is 20.3 Å². The molecule has 6 nitrogen and oxygen atoms in total. The van der Waals surface area contributed by atoms with Crippen LogP contribution < -0.4 is 10.2 Å². The molecule has 1 saturated heterocycles. The zero-order valence-electron chi connectivity index (χ0n) is 13.0. The minimum atomic E-state index is -0.0525. The molecule has 7 heteroatoms. The molecule has 0 spiro atoms. The van der Waals surface area contributed by atoms with Gasteiger partial charge in [-0.3, -0.25) is 9.78 Å². The maximum Gasteiger partial charge on any atom is 0.253 e. The summed E-state index contributed by atoms with van der Waals surface area (Å²) in [6.45, 7) is 1.76. The van der Waals surface area contributed by atoms with Crippen LogP contribution in [0.5, 0.6) is 0 Å². The van der Waals surface area contributed by atoms with Crippen LogP contribution in [0.25, 0.3) is 0 Å². The van der Waals surface area contributed by atoms with E-state index in [-0.39, 0.29) is 11.9 Å². The lowest BCUT2D eigenvalue weighted by Crippen LogP contribution is -2.45. The molecule has 0 aliphatic carbocycles. The fourth-order valence-electron chi connectivity index (χ4n) is 2.63. The number of aromatic nitrogens is 3. The van der Waals surface area contributed by atoms with E-state index in [0.29, 0.717) is 5.56 Å². The zero-order valence-corrected chi connectivity index (χ0v) is 13.8. The first-order valence-electron chi connectivity index (χ1n) is 7.59. The third kappa shape index (κ3) is 3.98. The third-order valence-corrected chi connectivity index (χ3v) is 4.44. The zero-order chi connectivity index (χ0) is 16.1. The van der Waals surface area contributed by atoms with Crippen molar-refractivity contribution in [3.05, 3.63) is 42.4 Å².